The first-order valence-corrected chi connectivity index (χ1v) is 12.4. The minimum atomic E-state index is -0.479. The summed E-state index contributed by atoms with van der Waals surface area (Å²) >= 11 is 11.7. The van der Waals surface area contributed by atoms with Gasteiger partial charge in [-0.25, -0.2) is 14.0 Å². The van der Waals surface area contributed by atoms with Crippen molar-refractivity contribution in [1.82, 2.24) is 15.5 Å². The molecule has 0 bridgehead atoms. The van der Waals surface area contributed by atoms with Crippen molar-refractivity contribution < 1.29 is 18.9 Å². The zero-order chi connectivity index (χ0) is 24.7. The molecule has 3 amide bonds. The fourth-order valence-electron chi connectivity index (χ4n) is 4.36. The summed E-state index contributed by atoms with van der Waals surface area (Å²) in [5, 5.41) is 6.18. The van der Waals surface area contributed by atoms with Crippen LogP contribution in [-0.2, 0) is 11.3 Å². The molecule has 34 heavy (non-hydrogen) atoms. The molecule has 0 aliphatic carbocycles. The van der Waals surface area contributed by atoms with Gasteiger partial charge in [0, 0.05) is 24.0 Å². The van der Waals surface area contributed by atoms with Crippen LogP contribution in [0.5, 0.6) is 0 Å². The van der Waals surface area contributed by atoms with Crippen LogP contribution in [-0.4, -0.2) is 54.4 Å². The number of nitrogens with zero attached hydrogens (tertiary/aromatic N) is 1. The number of alkyl halides is 1. The molecule has 1 aliphatic heterocycles. The Morgan fingerprint density at radius 3 is 2.47 bits per heavy atom. The van der Waals surface area contributed by atoms with E-state index in [2.05, 4.69) is 29.4 Å². The van der Waals surface area contributed by atoms with Crippen LogP contribution in [0.15, 0.2) is 48.5 Å². The van der Waals surface area contributed by atoms with Crippen LogP contribution in [0.4, 0.5) is 9.18 Å². The Bertz CT molecular complexity index is 958. The lowest BCUT2D eigenvalue weighted by molar-refractivity contribution is -0.855. The average molecular weight is 510 g/mol. The summed E-state index contributed by atoms with van der Waals surface area (Å²) in [4.78, 5) is 28.9. The van der Waals surface area contributed by atoms with E-state index in [0.29, 0.717) is 30.5 Å². The van der Waals surface area contributed by atoms with Crippen molar-refractivity contribution in [3.63, 3.8) is 0 Å². The lowest BCUT2D eigenvalue weighted by Gasteiger charge is -2.40. The number of quaternary nitrogens is 1. The number of benzene rings is 2. The van der Waals surface area contributed by atoms with Gasteiger partial charge in [-0.15, -0.1) is 11.6 Å². The highest BCUT2D eigenvalue weighted by atomic mass is 35.5. The van der Waals surface area contributed by atoms with E-state index in [4.69, 9.17) is 23.2 Å². The molecule has 1 saturated heterocycles. The summed E-state index contributed by atoms with van der Waals surface area (Å²) in [5.74, 6) is 0.114. The van der Waals surface area contributed by atoms with Gasteiger partial charge in [0.2, 0.25) is 0 Å². The Morgan fingerprint density at radius 1 is 1.15 bits per heavy atom. The number of amides is 3. The van der Waals surface area contributed by atoms with Gasteiger partial charge in [-0.2, -0.15) is 0 Å². The first-order valence-electron chi connectivity index (χ1n) is 11.5. The normalized spacial score (nSPS) is 21.6. The van der Waals surface area contributed by atoms with E-state index in [1.165, 1.54) is 12.1 Å². The zero-order valence-electron chi connectivity index (χ0n) is 19.5. The fraction of sp³-hybridized carbons (Fsp3) is 0.440. The quantitative estimate of drug-likeness (QED) is 0.479. The second-order valence-electron chi connectivity index (χ2n) is 8.86. The van der Waals surface area contributed by atoms with Crippen LogP contribution >= 0.6 is 23.2 Å². The van der Waals surface area contributed by atoms with Gasteiger partial charge in [0.1, 0.15) is 11.9 Å². The van der Waals surface area contributed by atoms with Crippen LogP contribution < -0.4 is 15.5 Å². The van der Waals surface area contributed by atoms with Crippen LogP contribution in [0, 0.1) is 5.82 Å². The summed E-state index contributed by atoms with van der Waals surface area (Å²) < 4.78 is 13.2. The predicted molar refractivity (Wildman–Crippen MR) is 133 cm³/mol. The third kappa shape index (κ3) is 7.40. The third-order valence-corrected chi connectivity index (χ3v) is 6.69. The first kappa shape index (κ1) is 26.4. The van der Waals surface area contributed by atoms with E-state index in [0.717, 1.165) is 22.6 Å². The van der Waals surface area contributed by atoms with E-state index < -0.39 is 6.04 Å². The van der Waals surface area contributed by atoms with Gasteiger partial charge in [-0.3, -0.25) is 9.80 Å². The molecule has 3 N–H and O–H groups in total. The number of piperazine rings is 1. The first-order chi connectivity index (χ1) is 16.3. The number of hydrogen-bond donors (Lipinski definition) is 3. The molecule has 9 heteroatoms. The van der Waals surface area contributed by atoms with E-state index in [1.807, 2.05) is 12.1 Å². The monoisotopic (exact) mass is 509 g/mol. The summed E-state index contributed by atoms with van der Waals surface area (Å²) in [6.07, 6.45) is 0.167. The maximum absolute atomic E-state index is 13.4. The predicted octanol–water partition coefficient (Wildman–Crippen LogP) is 3.15. The molecule has 4 atom stereocenters. The summed E-state index contributed by atoms with van der Waals surface area (Å²) in [6.45, 7) is 6.63. The Labute approximate surface area is 210 Å². The zero-order valence-corrected chi connectivity index (χ0v) is 21.0. The highest BCUT2D eigenvalue weighted by Gasteiger charge is 2.37. The SMILES string of the molecule is C[C@@H]1CN(Cc2ccc(F)cc2)[C@@H](C)C[NH+]1C(=O)CC(NC(=O)NCCCl)c1ccc(Cl)cc1. The molecule has 0 aromatic heterocycles. The van der Waals surface area contributed by atoms with Crippen molar-refractivity contribution >= 4 is 35.1 Å². The van der Waals surface area contributed by atoms with E-state index in [-0.39, 0.29) is 36.3 Å². The Morgan fingerprint density at radius 2 is 1.82 bits per heavy atom. The minimum absolute atomic E-state index is 0.0541. The van der Waals surface area contributed by atoms with Crippen molar-refractivity contribution in [2.75, 3.05) is 25.5 Å². The molecule has 0 saturated carbocycles. The molecule has 6 nitrogen and oxygen atoms in total. The van der Waals surface area contributed by atoms with Crippen molar-refractivity contribution in [3.8, 4) is 0 Å². The topological polar surface area (TPSA) is 65.9 Å². The van der Waals surface area contributed by atoms with Crippen molar-refractivity contribution in [3.05, 3.63) is 70.5 Å². The second kappa shape index (κ2) is 12.5. The standard InChI is InChI=1S/C25H31Cl2FN4O2/c1-17-15-32(18(2)14-31(17)16-19-3-9-22(28)10-4-19)24(33)13-23(30-25(34)29-12-11-26)20-5-7-21(27)8-6-20/h3-10,17-18,23H,11-16H2,1-2H3,(H2,29,30,34)/p+1/t17-,18+,23?/m0/s1. The van der Waals surface area contributed by atoms with Crippen molar-refractivity contribution in [2.45, 2.75) is 44.9 Å². The van der Waals surface area contributed by atoms with Gasteiger partial charge in [0.05, 0.1) is 31.6 Å². The molecule has 2 aromatic carbocycles. The maximum atomic E-state index is 13.4. The smallest absolute Gasteiger partial charge is 0.315 e. The van der Waals surface area contributed by atoms with Gasteiger partial charge in [-0.05, 0) is 49.2 Å². The summed E-state index contributed by atoms with van der Waals surface area (Å²) in [6, 6.07) is 13.1. The molecule has 184 valence electrons. The van der Waals surface area contributed by atoms with Crippen LogP contribution in [0.3, 0.4) is 0 Å². The van der Waals surface area contributed by atoms with Gasteiger partial charge < -0.3 is 10.6 Å². The summed E-state index contributed by atoms with van der Waals surface area (Å²) in [5.41, 5.74) is 1.86. The molecule has 1 heterocycles. The lowest BCUT2D eigenvalue weighted by atomic mass is 10.0. The molecule has 1 aliphatic rings. The van der Waals surface area contributed by atoms with Crippen LogP contribution in [0.2, 0.25) is 5.02 Å². The van der Waals surface area contributed by atoms with E-state index >= 15 is 0 Å². The van der Waals surface area contributed by atoms with Crippen LogP contribution in [0.25, 0.3) is 0 Å². The lowest BCUT2D eigenvalue weighted by Crippen LogP contribution is -3.21. The minimum Gasteiger partial charge on any atom is -0.337 e. The van der Waals surface area contributed by atoms with E-state index in [9.17, 15) is 14.0 Å². The van der Waals surface area contributed by atoms with Crippen molar-refractivity contribution in [2.24, 2.45) is 0 Å². The molecule has 3 rings (SSSR count). The Balaban J connectivity index is 1.66. The number of carbonyl (C=O) groups excluding carboxylic acids is 2. The number of urea groups is 1. The number of rotatable bonds is 8. The Kier molecular flexibility index (Phi) is 9.71. The molecule has 2 unspecified atom stereocenters. The van der Waals surface area contributed by atoms with Gasteiger partial charge in [-0.1, -0.05) is 35.9 Å². The third-order valence-electron chi connectivity index (χ3n) is 6.25. The second-order valence-corrected chi connectivity index (χ2v) is 9.67. The van der Waals surface area contributed by atoms with Gasteiger partial charge >= 0.3 is 11.9 Å². The van der Waals surface area contributed by atoms with Gasteiger partial charge in [0.25, 0.3) is 0 Å². The molecular formula is C25H32Cl2FN4O2+. The number of hydrogen-bond acceptors (Lipinski definition) is 3. The molecule has 0 spiro atoms. The molecule has 2 aromatic rings. The maximum Gasteiger partial charge on any atom is 0.315 e. The van der Waals surface area contributed by atoms with E-state index in [1.54, 1.807) is 24.3 Å². The van der Waals surface area contributed by atoms with Gasteiger partial charge in [0.15, 0.2) is 0 Å². The number of nitrogens with one attached hydrogen (secondary N) is 3. The highest BCUT2D eigenvalue weighted by molar-refractivity contribution is 6.30. The van der Waals surface area contributed by atoms with Crippen LogP contribution in [0.1, 0.15) is 37.4 Å². The number of carbonyl (C=O) groups is 2. The molecule has 1 fully saturated rings. The largest absolute Gasteiger partial charge is 0.337 e. The summed E-state index contributed by atoms with van der Waals surface area (Å²) in [7, 11) is 0. The Hall–Kier alpha value is -2.19. The average Bonchev–Trinajstić information content (AvgIpc) is 2.81. The highest BCUT2D eigenvalue weighted by Crippen LogP contribution is 2.20. The molecular weight excluding hydrogens is 478 g/mol. The number of halogens is 3. The van der Waals surface area contributed by atoms with Crippen molar-refractivity contribution in [1.29, 1.82) is 0 Å². The fourth-order valence-corrected chi connectivity index (χ4v) is 4.58. The molecule has 0 radical (unpaired) electrons.